The number of benzene rings is 2. The molecule has 2 saturated heterocycles. The first-order chi connectivity index (χ1) is 14.1. The average Bonchev–Trinajstić information content (AvgIpc) is 3.07. The molecule has 6 nitrogen and oxygen atoms in total. The Morgan fingerprint density at radius 2 is 1.66 bits per heavy atom. The van der Waals surface area contributed by atoms with Gasteiger partial charge in [-0.05, 0) is 36.2 Å². The minimum atomic E-state index is -0.367. The molecule has 29 heavy (non-hydrogen) atoms. The van der Waals surface area contributed by atoms with E-state index in [1.54, 1.807) is 7.11 Å². The molecule has 0 radical (unpaired) electrons. The fraction of sp³-hybridized carbons (Fsp3) is 0.391. The average molecular weight is 393 g/mol. The first-order valence-electron chi connectivity index (χ1n) is 10.2. The summed E-state index contributed by atoms with van der Waals surface area (Å²) in [5.74, 6) is 0.635. The standard InChI is InChI=1S/C23H27N3O3/c1-3-17-8-10-18(11-9-17)26-22(27)16-20(23(26)28)25-14-12-24(13-15-25)19-6-4-5-7-21(19)29-2/h4-11,20H,3,12-16H2,1-2H3. The number of rotatable bonds is 5. The van der Waals surface area contributed by atoms with Gasteiger partial charge in [-0.15, -0.1) is 0 Å². The molecule has 6 heteroatoms. The Morgan fingerprint density at radius 3 is 2.31 bits per heavy atom. The molecule has 2 aromatic rings. The number of hydrogen-bond donors (Lipinski definition) is 0. The second kappa shape index (κ2) is 8.25. The molecule has 0 saturated carbocycles. The summed E-state index contributed by atoms with van der Waals surface area (Å²) in [5, 5.41) is 0. The molecule has 1 unspecified atom stereocenters. The number of carbonyl (C=O) groups is 2. The Kier molecular flexibility index (Phi) is 5.53. The van der Waals surface area contributed by atoms with Crippen LogP contribution in [-0.2, 0) is 16.0 Å². The topological polar surface area (TPSA) is 53.1 Å². The third-order valence-corrected chi connectivity index (χ3v) is 5.91. The van der Waals surface area contributed by atoms with E-state index in [-0.39, 0.29) is 24.3 Å². The van der Waals surface area contributed by atoms with Crippen molar-refractivity contribution in [1.82, 2.24) is 4.90 Å². The van der Waals surface area contributed by atoms with Crippen molar-refractivity contribution in [1.29, 1.82) is 0 Å². The summed E-state index contributed by atoms with van der Waals surface area (Å²) in [6.45, 7) is 5.16. The van der Waals surface area contributed by atoms with E-state index in [0.29, 0.717) is 5.69 Å². The van der Waals surface area contributed by atoms with E-state index in [1.807, 2.05) is 42.5 Å². The molecular formula is C23H27N3O3. The Labute approximate surface area is 171 Å². The molecule has 2 heterocycles. The number of ether oxygens (including phenoxy) is 1. The highest BCUT2D eigenvalue weighted by Crippen LogP contribution is 2.30. The highest BCUT2D eigenvalue weighted by atomic mass is 16.5. The van der Waals surface area contributed by atoms with Gasteiger partial charge in [0.2, 0.25) is 5.91 Å². The molecule has 2 fully saturated rings. The van der Waals surface area contributed by atoms with E-state index in [1.165, 1.54) is 10.5 Å². The van der Waals surface area contributed by atoms with Gasteiger partial charge in [-0.25, -0.2) is 4.90 Å². The van der Waals surface area contributed by atoms with E-state index in [9.17, 15) is 9.59 Å². The van der Waals surface area contributed by atoms with Crippen molar-refractivity contribution in [2.75, 3.05) is 43.1 Å². The lowest BCUT2D eigenvalue weighted by Crippen LogP contribution is -2.52. The minimum Gasteiger partial charge on any atom is -0.495 e. The number of methoxy groups -OCH3 is 1. The van der Waals surface area contributed by atoms with Crippen LogP contribution in [0, 0.1) is 0 Å². The molecular weight excluding hydrogens is 366 g/mol. The summed E-state index contributed by atoms with van der Waals surface area (Å²) in [6.07, 6.45) is 1.18. The van der Waals surface area contributed by atoms with Crippen molar-refractivity contribution in [3.05, 3.63) is 54.1 Å². The first-order valence-corrected chi connectivity index (χ1v) is 10.2. The molecule has 4 rings (SSSR count). The molecule has 0 aliphatic carbocycles. The lowest BCUT2D eigenvalue weighted by Gasteiger charge is -2.38. The molecule has 0 spiro atoms. The highest BCUT2D eigenvalue weighted by Gasteiger charge is 2.43. The first kappa shape index (κ1) is 19.5. The maximum absolute atomic E-state index is 13.1. The lowest BCUT2D eigenvalue weighted by molar-refractivity contribution is -0.123. The summed E-state index contributed by atoms with van der Waals surface area (Å²) in [6, 6.07) is 15.3. The molecule has 2 aromatic carbocycles. The molecule has 2 aliphatic heterocycles. The minimum absolute atomic E-state index is 0.106. The quantitative estimate of drug-likeness (QED) is 0.731. The van der Waals surface area contributed by atoms with Gasteiger partial charge in [-0.3, -0.25) is 14.5 Å². The second-order valence-electron chi connectivity index (χ2n) is 7.50. The van der Waals surface area contributed by atoms with Crippen LogP contribution in [-0.4, -0.2) is 56.0 Å². The predicted octanol–water partition coefficient (Wildman–Crippen LogP) is 2.71. The van der Waals surface area contributed by atoms with Gasteiger partial charge in [0.05, 0.1) is 30.9 Å². The van der Waals surface area contributed by atoms with Crippen molar-refractivity contribution in [3.8, 4) is 5.75 Å². The smallest absolute Gasteiger partial charge is 0.251 e. The fourth-order valence-corrected chi connectivity index (χ4v) is 4.22. The molecule has 2 aliphatic rings. The molecule has 152 valence electrons. The largest absolute Gasteiger partial charge is 0.495 e. The maximum atomic E-state index is 13.1. The van der Waals surface area contributed by atoms with Gasteiger partial charge < -0.3 is 9.64 Å². The van der Waals surface area contributed by atoms with Gasteiger partial charge in [0, 0.05) is 26.2 Å². The van der Waals surface area contributed by atoms with Gasteiger partial charge in [-0.2, -0.15) is 0 Å². The number of anilines is 2. The van der Waals surface area contributed by atoms with Gasteiger partial charge in [0.25, 0.3) is 5.91 Å². The van der Waals surface area contributed by atoms with Crippen LogP contribution in [0.3, 0.4) is 0 Å². The van der Waals surface area contributed by atoms with Crippen LogP contribution in [0.2, 0.25) is 0 Å². The summed E-state index contributed by atoms with van der Waals surface area (Å²) in [5.41, 5.74) is 2.94. The SMILES string of the molecule is CCc1ccc(N2C(=O)CC(N3CCN(c4ccccc4OC)CC3)C2=O)cc1. The summed E-state index contributed by atoms with van der Waals surface area (Å²) < 4.78 is 5.48. The van der Waals surface area contributed by atoms with Crippen molar-refractivity contribution in [2.45, 2.75) is 25.8 Å². The summed E-state index contributed by atoms with van der Waals surface area (Å²) in [7, 11) is 1.68. The Balaban J connectivity index is 1.43. The zero-order chi connectivity index (χ0) is 20.4. The molecule has 0 bridgehead atoms. The maximum Gasteiger partial charge on any atom is 0.251 e. The third-order valence-electron chi connectivity index (χ3n) is 5.91. The number of piperazine rings is 1. The molecule has 0 N–H and O–H groups in total. The Bertz CT molecular complexity index is 888. The van der Waals surface area contributed by atoms with Crippen LogP contribution < -0.4 is 14.5 Å². The van der Waals surface area contributed by atoms with E-state index in [2.05, 4.69) is 22.8 Å². The zero-order valence-corrected chi connectivity index (χ0v) is 17.0. The number of hydrogen-bond acceptors (Lipinski definition) is 5. The normalized spacial score (nSPS) is 20.4. The highest BCUT2D eigenvalue weighted by molar-refractivity contribution is 6.22. The van der Waals surface area contributed by atoms with E-state index in [0.717, 1.165) is 44.0 Å². The molecule has 1 atom stereocenters. The van der Waals surface area contributed by atoms with Crippen LogP contribution in [0.5, 0.6) is 5.75 Å². The van der Waals surface area contributed by atoms with Crippen LogP contribution in [0.25, 0.3) is 0 Å². The zero-order valence-electron chi connectivity index (χ0n) is 17.0. The lowest BCUT2D eigenvalue weighted by atomic mass is 10.1. The van der Waals surface area contributed by atoms with Crippen molar-refractivity contribution in [2.24, 2.45) is 0 Å². The summed E-state index contributed by atoms with van der Waals surface area (Å²) in [4.78, 5) is 31.4. The van der Waals surface area contributed by atoms with Crippen LogP contribution >= 0.6 is 0 Å². The van der Waals surface area contributed by atoms with E-state index in [4.69, 9.17) is 4.74 Å². The van der Waals surface area contributed by atoms with Crippen LogP contribution in [0.4, 0.5) is 11.4 Å². The van der Waals surface area contributed by atoms with Crippen LogP contribution in [0.15, 0.2) is 48.5 Å². The van der Waals surface area contributed by atoms with E-state index >= 15 is 0 Å². The number of nitrogens with zero attached hydrogens (tertiary/aromatic N) is 3. The summed E-state index contributed by atoms with van der Waals surface area (Å²) >= 11 is 0. The monoisotopic (exact) mass is 393 g/mol. The van der Waals surface area contributed by atoms with Gasteiger partial charge in [0.15, 0.2) is 0 Å². The van der Waals surface area contributed by atoms with Crippen molar-refractivity contribution in [3.63, 3.8) is 0 Å². The van der Waals surface area contributed by atoms with Crippen LogP contribution in [0.1, 0.15) is 18.9 Å². The van der Waals surface area contributed by atoms with Gasteiger partial charge in [0.1, 0.15) is 5.75 Å². The third kappa shape index (κ3) is 3.72. The Hall–Kier alpha value is -2.86. The molecule has 2 amide bonds. The number of para-hydroxylation sites is 2. The van der Waals surface area contributed by atoms with Gasteiger partial charge >= 0.3 is 0 Å². The predicted molar refractivity (Wildman–Crippen MR) is 113 cm³/mol. The Morgan fingerprint density at radius 1 is 0.966 bits per heavy atom. The molecule has 0 aromatic heterocycles. The number of imide groups is 1. The van der Waals surface area contributed by atoms with Gasteiger partial charge in [-0.1, -0.05) is 31.2 Å². The fourth-order valence-electron chi connectivity index (χ4n) is 4.22. The van der Waals surface area contributed by atoms with Crippen molar-refractivity contribution >= 4 is 23.2 Å². The van der Waals surface area contributed by atoms with E-state index < -0.39 is 0 Å². The second-order valence-corrected chi connectivity index (χ2v) is 7.50. The van der Waals surface area contributed by atoms with Crippen molar-refractivity contribution < 1.29 is 14.3 Å². The number of amides is 2. The number of carbonyl (C=O) groups excluding carboxylic acids is 2. The number of aryl methyl sites for hydroxylation is 1.